The molecule has 0 saturated carbocycles. The molecule has 1 heterocycles. The van der Waals surface area contributed by atoms with Gasteiger partial charge in [-0.25, -0.2) is 0 Å². The molecule has 1 amide bonds. The number of aliphatic hydroxyl groups is 1. The summed E-state index contributed by atoms with van der Waals surface area (Å²) in [5, 5.41) is 8.75. The molecule has 1 fully saturated rings. The maximum Gasteiger partial charge on any atom is 0.236 e. The number of hydrogen-bond acceptors (Lipinski definition) is 3. The molecule has 0 unspecified atom stereocenters. The summed E-state index contributed by atoms with van der Waals surface area (Å²) in [6.07, 6.45) is 0. The Morgan fingerprint density at radius 2 is 2.00 bits per heavy atom. The van der Waals surface area contributed by atoms with Gasteiger partial charge in [0.25, 0.3) is 0 Å². The lowest BCUT2D eigenvalue weighted by atomic mass is 10.0. The summed E-state index contributed by atoms with van der Waals surface area (Å²) in [4.78, 5) is 15.5. The molecule has 0 aromatic carbocycles. The van der Waals surface area contributed by atoms with Gasteiger partial charge in [0.05, 0.1) is 13.2 Å². The van der Waals surface area contributed by atoms with Gasteiger partial charge in [0.1, 0.15) is 0 Å². The third-order valence-electron chi connectivity index (χ3n) is 2.64. The van der Waals surface area contributed by atoms with Crippen molar-refractivity contribution >= 4 is 5.91 Å². The fraction of sp³-hybridized carbons (Fsp3) is 0.900. The Bertz CT molecular complexity index is 211. The molecule has 0 spiro atoms. The van der Waals surface area contributed by atoms with E-state index in [2.05, 4.69) is 25.7 Å². The first-order valence-corrected chi connectivity index (χ1v) is 5.09. The molecular weight excluding hydrogens is 180 g/mol. The molecule has 14 heavy (non-hydrogen) atoms. The molecule has 1 saturated heterocycles. The normalized spacial score (nSPS) is 20.3. The topological polar surface area (TPSA) is 43.8 Å². The van der Waals surface area contributed by atoms with Crippen molar-refractivity contribution in [1.29, 1.82) is 0 Å². The molecule has 0 aromatic rings. The highest BCUT2D eigenvalue weighted by Gasteiger charge is 2.29. The van der Waals surface area contributed by atoms with Crippen molar-refractivity contribution in [2.75, 3.05) is 32.8 Å². The highest BCUT2D eigenvalue weighted by Crippen LogP contribution is 2.16. The van der Waals surface area contributed by atoms with E-state index in [0.29, 0.717) is 13.1 Å². The molecule has 4 nitrogen and oxygen atoms in total. The maximum absolute atomic E-state index is 11.6. The highest BCUT2D eigenvalue weighted by molar-refractivity contribution is 5.79. The number of nitrogens with zero attached hydrogens (tertiary/aromatic N) is 2. The van der Waals surface area contributed by atoms with Gasteiger partial charge in [0, 0.05) is 25.2 Å². The van der Waals surface area contributed by atoms with Gasteiger partial charge in [0.2, 0.25) is 5.91 Å². The summed E-state index contributed by atoms with van der Waals surface area (Å²) in [7, 11) is 0. The lowest BCUT2D eigenvalue weighted by Gasteiger charge is -2.41. The molecule has 1 aliphatic rings. The number of rotatable bonds is 2. The molecule has 1 aliphatic heterocycles. The van der Waals surface area contributed by atoms with E-state index in [1.54, 1.807) is 4.90 Å². The largest absolute Gasteiger partial charge is 0.395 e. The van der Waals surface area contributed by atoms with Crippen molar-refractivity contribution < 1.29 is 9.90 Å². The third kappa shape index (κ3) is 2.69. The molecular formula is C10H20N2O2. The number of carbonyl (C=O) groups is 1. The zero-order chi connectivity index (χ0) is 10.8. The van der Waals surface area contributed by atoms with Crippen molar-refractivity contribution in [3.63, 3.8) is 0 Å². The summed E-state index contributed by atoms with van der Waals surface area (Å²) in [6.45, 7) is 8.97. The number of carbonyl (C=O) groups excluding carboxylic acids is 1. The molecule has 0 radical (unpaired) electrons. The molecule has 0 aliphatic carbocycles. The van der Waals surface area contributed by atoms with Gasteiger partial charge in [-0.15, -0.1) is 0 Å². The summed E-state index contributed by atoms with van der Waals surface area (Å²) in [5.41, 5.74) is 0.0565. The second-order valence-electron chi connectivity index (χ2n) is 4.70. The molecule has 0 aromatic heterocycles. The zero-order valence-electron chi connectivity index (χ0n) is 9.29. The lowest BCUT2D eigenvalue weighted by molar-refractivity contribution is -0.138. The van der Waals surface area contributed by atoms with Crippen LogP contribution in [0.1, 0.15) is 20.8 Å². The number of aliphatic hydroxyl groups excluding tert-OH is 1. The molecule has 0 bridgehead atoms. The van der Waals surface area contributed by atoms with Gasteiger partial charge in [-0.3, -0.25) is 9.69 Å². The van der Waals surface area contributed by atoms with Crippen molar-refractivity contribution in [2.24, 2.45) is 0 Å². The monoisotopic (exact) mass is 200 g/mol. The van der Waals surface area contributed by atoms with Crippen LogP contribution in [0.2, 0.25) is 0 Å². The average Bonchev–Trinajstić information content (AvgIpc) is 2.07. The van der Waals surface area contributed by atoms with E-state index < -0.39 is 0 Å². The second kappa shape index (κ2) is 4.28. The first-order valence-electron chi connectivity index (χ1n) is 5.09. The van der Waals surface area contributed by atoms with Gasteiger partial charge in [0.15, 0.2) is 0 Å². The Morgan fingerprint density at radius 1 is 1.36 bits per heavy atom. The van der Waals surface area contributed by atoms with E-state index >= 15 is 0 Å². The molecule has 82 valence electrons. The van der Waals surface area contributed by atoms with Crippen LogP contribution >= 0.6 is 0 Å². The Balaban J connectivity index is 2.51. The Labute approximate surface area is 85.5 Å². The van der Waals surface area contributed by atoms with E-state index in [-0.39, 0.29) is 18.1 Å². The van der Waals surface area contributed by atoms with Crippen molar-refractivity contribution in [3.05, 3.63) is 0 Å². The average molecular weight is 200 g/mol. The number of amides is 1. The Hall–Kier alpha value is -0.610. The van der Waals surface area contributed by atoms with Gasteiger partial charge in [-0.2, -0.15) is 0 Å². The van der Waals surface area contributed by atoms with Crippen LogP contribution in [-0.4, -0.2) is 59.1 Å². The Morgan fingerprint density at radius 3 is 2.43 bits per heavy atom. The van der Waals surface area contributed by atoms with Crippen LogP contribution in [0.15, 0.2) is 0 Å². The molecule has 0 atom stereocenters. The van der Waals surface area contributed by atoms with Gasteiger partial charge < -0.3 is 10.0 Å². The van der Waals surface area contributed by atoms with E-state index in [4.69, 9.17) is 5.11 Å². The lowest BCUT2D eigenvalue weighted by Crippen LogP contribution is -2.56. The van der Waals surface area contributed by atoms with Gasteiger partial charge in [-0.05, 0) is 20.8 Å². The number of β-amino-alcohol motifs (C(OH)–C–C–N with tert-alkyl or cyclic N) is 1. The van der Waals surface area contributed by atoms with E-state index in [1.807, 2.05) is 0 Å². The van der Waals surface area contributed by atoms with Gasteiger partial charge in [-0.1, -0.05) is 0 Å². The summed E-state index contributed by atoms with van der Waals surface area (Å²) in [6, 6.07) is 0. The quantitative estimate of drug-likeness (QED) is 0.678. The molecule has 1 N–H and O–H groups in total. The predicted octanol–water partition coefficient (Wildman–Crippen LogP) is -0.0786. The summed E-state index contributed by atoms with van der Waals surface area (Å²) < 4.78 is 0. The first-order chi connectivity index (χ1) is 6.45. The van der Waals surface area contributed by atoms with Crippen LogP contribution in [0.25, 0.3) is 0 Å². The van der Waals surface area contributed by atoms with E-state index in [1.165, 1.54) is 0 Å². The predicted molar refractivity (Wildman–Crippen MR) is 55.0 cm³/mol. The van der Waals surface area contributed by atoms with Crippen LogP contribution in [0.3, 0.4) is 0 Å². The van der Waals surface area contributed by atoms with Crippen molar-refractivity contribution in [1.82, 2.24) is 9.80 Å². The van der Waals surface area contributed by atoms with Crippen LogP contribution in [0.4, 0.5) is 0 Å². The minimum absolute atomic E-state index is 0.0565. The summed E-state index contributed by atoms with van der Waals surface area (Å²) >= 11 is 0. The fourth-order valence-corrected chi connectivity index (χ4v) is 1.64. The maximum atomic E-state index is 11.6. The molecule has 1 rings (SSSR count). The Kier molecular flexibility index (Phi) is 3.50. The second-order valence-corrected chi connectivity index (χ2v) is 4.70. The van der Waals surface area contributed by atoms with E-state index in [9.17, 15) is 4.79 Å². The van der Waals surface area contributed by atoms with E-state index in [0.717, 1.165) is 13.1 Å². The van der Waals surface area contributed by atoms with Crippen LogP contribution in [0, 0.1) is 0 Å². The third-order valence-corrected chi connectivity index (χ3v) is 2.64. The van der Waals surface area contributed by atoms with Gasteiger partial charge >= 0.3 is 0 Å². The zero-order valence-corrected chi connectivity index (χ0v) is 9.29. The van der Waals surface area contributed by atoms with Crippen molar-refractivity contribution in [2.45, 2.75) is 26.3 Å². The standard InChI is InChI=1S/C10H20N2O2/c1-10(2,3)12-5-4-11(6-7-13)9(14)8-12/h13H,4-8H2,1-3H3. The van der Waals surface area contributed by atoms with Crippen LogP contribution in [-0.2, 0) is 4.79 Å². The van der Waals surface area contributed by atoms with Crippen LogP contribution in [0.5, 0.6) is 0 Å². The highest BCUT2D eigenvalue weighted by atomic mass is 16.3. The smallest absolute Gasteiger partial charge is 0.236 e. The fourth-order valence-electron chi connectivity index (χ4n) is 1.64. The van der Waals surface area contributed by atoms with Crippen LogP contribution < -0.4 is 0 Å². The minimum Gasteiger partial charge on any atom is -0.395 e. The number of piperazine rings is 1. The number of hydrogen-bond donors (Lipinski definition) is 1. The summed E-state index contributed by atoms with van der Waals surface area (Å²) in [5.74, 6) is 0.125. The molecule has 4 heteroatoms. The minimum atomic E-state index is 0.0565. The van der Waals surface area contributed by atoms with Crippen molar-refractivity contribution in [3.8, 4) is 0 Å². The SMILES string of the molecule is CC(C)(C)N1CCN(CCO)C(=O)C1. The first kappa shape index (κ1) is 11.5.